The first kappa shape index (κ1) is 18.9. The van der Waals surface area contributed by atoms with Crippen LogP contribution in [0.15, 0.2) is 12.3 Å². The predicted octanol–water partition coefficient (Wildman–Crippen LogP) is 3.31. The number of carbonyl (C=O) groups is 2. The van der Waals surface area contributed by atoms with E-state index in [9.17, 15) is 9.59 Å². The molecule has 0 radical (unpaired) electrons. The number of hydrogen-bond acceptors (Lipinski definition) is 5. The molecule has 6 heteroatoms. The van der Waals surface area contributed by atoms with Gasteiger partial charge in [-0.2, -0.15) is 0 Å². The number of alkyl carbamates (subject to hydrolysis) is 1. The van der Waals surface area contributed by atoms with Crippen molar-refractivity contribution in [2.24, 2.45) is 0 Å². The topological polar surface area (TPSA) is 80.3 Å². The Morgan fingerprint density at radius 1 is 1.26 bits per heavy atom. The summed E-state index contributed by atoms with van der Waals surface area (Å²) in [5, 5.41) is 5.66. The average molecular weight is 321 g/mol. The largest absolute Gasteiger partial charge is 0.444 e. The van der Waals surface area contributed by atoms with Gasteiger partial charge < -0.3 is 15.4 Å². The zero-order valence-corrected chi connectivity index (χ0v) is 14.7. The van der Waals surface area contributed by atoms with Crippen molar-refractivity contribution in [1.82, 2.24) is 10.3 Å². The van der Waals surface area contributed by atoms with Gasteiger partial charge in [0.1, 0.15) is 11.4 Å². The molecular weight excluding hydrogens is 294 g/mol. The summed E-state index contributed by atoms with van der Waals surface area (Å²) in [4.78, 5) is 27.8. The lowest BCUT2D eigenvalue weighted by molar-refractivity contribution is 0.0527. The maximum Gasteiger partial charge on any atom is 0.407 e. The van der Waals surface area contributed by atoms with Crippen LogP contribution in [0, 0.1) is 6.92 Å². The maximum absolute atomic E-state index is 12.1. The Kier molecular flexibility index (Phi) is 7.00. The van der Waals surface area contributed by atoms with Crippen molar-refractivity contribution in [2.75, 3.05) is 18.9 Å². The van der Waals surface area contributed by atoms with Gasteiger partial charge in [0.05, 0.1) is 0 Å². The molecule has 0 fully saturated rings. The molecule has 0 unspecified atom stereocenters. The van der Waals surface area contributed by atoms with Crippen LogP contribution in [-0.4, -0.2) is 36.1 Å². The number of anilines is 1. The second-order valence-corrected chi connectivity index (χ2v) is 6.45. The minimum atomic E-state index is -0.496. The minimum Gasteiger partial charge on any atom is -0.444 e. The van der Waals surface area contributed by atoms with Crippen molar-refractivity contribution in [3.63, 3.8) is 0 Å². The van der Waals surface area contributed by atoms with Gasteiger partial charge in [-0.25, -0.2) is 9.78 Å². The van der Waals surface area contributed by atoms with Crippen LogP contribution in [0.3, 0.4) is 0 Å². The Labute approximate surface area is 138 Å². The fraction of sp³-hybridized carbons (Fsp3) is 0.588. The number of Topliss-reactive ketones (excluding diaryl/α,β-unsaturated/α-hetero) is 1. The average Bonchev–Trinajstić information content (AvgIpc) is 2.44. The van der Waals surface area contributed by atoms with E-state index in [0.717, 1.165) is 17.8 Å². The molecule has 0 aromatic carbocycles. The lowest BCUT2D eigenvalue weighted by atomic mass is 10.1. The summed E-state index contributed by atoms with van der Waals surface area (Å²) in [6, 6.07) is 1.85. The standard InChI is InChI=1S/C17H27N3O3/c1-12-10-13(11-20-15(12)18-5)14(21)8-6-7-9-19-16(22)23-17(2,3)4/h10-11H,6-9H2,1-5H3,(H,18,20)(H,19,22). The number of aromatic nitrogens is 1. The smallest absolute Gasteiger partial charge is 0.407 e. The molecule has 0 aliphatic heterocycles. The van der Waals surface area contributed by atoms with Gasteiger partial charge in [0.2, 0.25) is 0 Å². The summed E-state index contributed by atoms with van der Waals surface area (Å²) in [7, 11) is 1.80. The highest BCUT2D eigenvalue weighted by atomic mass is 16.6. The van der Waals surface area contributed by atoms with Crippen LogP contribution in [0.25, 0.3) is 0 Å². The summed E-state index contributed by atoms with van der Waals surface area (Å²) >= 11 is 0. The number of nitrogens with zero attached hydrogens (tertiary/aromatic N) is 1. The number of hydrogen-bond donors (Lipinski definition) is 2. The van der Waals surface area contributed by atoms with Gasteiger partial charge in [-0.3, -0.25) is 4.79 Å². The number of unbranched alkanes of at least 4 members (excludes halogenated alkanes) is 1. The minimum absolute atomic E-state index is 0.0699. The van der Waals surface area contributed by atoms with Crippen LogP contribution >= 0.6 is 0 Å². The zero-order chi connectivity index (χ0) is 17.5. The van der Waals surface area contributed by atoms with Gasteiger partial charge in [-0.15, -0.1) is 0 Å². The number of ether oxygens (including phenoxy) is 1. The van der Waals surface area contributed by atoms with Crippen molar-refractivity contribution in [3.8, 4) is 0 Å². The quantitative estimate of drug-likeness (QED) is 0.595. The molecule has 0 spiro atoms. The fourth-order valence-corrected chi connectivity index (χ4v) is 2.05. The Balaban J connectivity index is 2.29. The number of aryl methyl sites for hydroxylation is 1. The van der Waals surface area contributed by atoms with Crippen LogP contribution in [0.1, 0.15) is 56.0 Å². The van der Waals surface area contributed by atoms with Crippen molar-refractivity contribution in [3.05, 3.63) is 23.4 Å². The summed E-state index contributed by atoms with van der Waals surface area (Å²) in [6.45, 7) is 7.88. The normalized spacial score (nSPS) is 11.0. The highest BCUT2D eigenvalue weighted by Gasteiger charge is 2.15. The van der Waals surface area contributed by atoms with E-state index in [0.29, 0.717) is 24.9 Å². The number of pyridine rings is 1. The molecule has 0 saturated carbocycles. The van der Waals surface area contributed by atoms with Crippen LogP contribution in [0.4, 0.5) is 10.6 Å². The summed E-state index contributed by atoms with van der Waals surface area (Å²) in [5.41, 5.74) is 1.08. The molecule has 0 aliphatic rings. The molecular formula is C17H27N3O3. The molecule has 23 heavy (non-hydrogen) atoms. The number of amides is 1. The van der Waals surface area contributed by atoms with Crippen molar-refractivity contribution >= 4 is 17.7 Å². The van der Waals surface area contributed by atoms with E-state index >= 15 is 0 Å². The molecule has 1 aromatic heterocycles. The first-order valence-electron chi connectivity index (χ1n) is 7.87. The third-order valence-corrected chi connectivity index (χ3v) is 3.14. The summed E-state index contributed by atoms with van der Waals surface area (Å²) < 4.78 is 5.14. The van der Waals surface area contributed by atoms with E-state index in [4.69, 9.17) is 4.74 Å². The van der Waals surface area contributed by atoms with E-state index < -0.39 is 11.7 Å². The molecule has 1 heterocycles. The molecule has 6 nitrogen and oxygen atoms in total. The Morgan fingerprint density at radius 2 is 1.96 bits per heavy atom. The van der Waals surface area contributed by atoms with E-state index in [1.54, 1.807) is 13.2 Å². The van der Waals surface area contributed by atoms with Gasteiger partial charge in [0.15, 0.2) is 5.78 Å². The molecule has 128 valence electrons. The van der Waals surface area contributed by atoms with E-state index in [2.05, 4.69) is 15.6 Å². The number of ketones is 1. The predicted molar refractivity (Wildman–Crippen MR) is 90.9 cm³/mol. The Hall–Kier alpha value is -2.11. The van der Waals surface area contributed by atoms with Gasteiger partial charge in [0.25, 0.3) is 0 Å². The van der Waals surface area contributed by atoms with E-state index in [1.807, 2.05) is 33.8 Å². The number of rotatable bonds is 7. The van der Waals surface area contributed by atoms with Gasteiger partial charge in [-0.05, 0) is 52.2 Å². The molecule has 0 saturated heterocycles. The third kappa shape index (κ3) is 7.13. The number of nitrogens with one attached hydrogen (secondary N) is 2. The zero-order valence-electron chi connectivity index (χ0n) is 14.7. The molecule has 1 amide bonds. The van der Waals surface area contributed by atoms with Crippen molar-refractivity contribution in [1.29, 1.82) is 0 Å². The second kappa shape index (κ2) is 8.50. The SMILES string of the molecule is CNc1ncc(C(=O)CCCCNC(=O)OC(C)(C)C)cc1C. The highest BCUT2D eigenvalue weighted by Crippen LogP contribution is 2.14. The van der Waals surface area contributed by atoms with E-state index in [1.165, 1.54) is 0 Å². The fourth-order valence-electron chi connectivity index (χ4n) is 2.05. The van der Waals surface area contributed by atoms with E-state index in [-0.39, 0.29) is 5.78 Å². The molecule has 1 aromatic rings. The first-order chi connectivity index (χ1) is 10.7. The van der Waals surface area contributed by atoms with Crippen LogP contribution in [0.5, 0.6) is 0 Å². The molecule has 1 rings (SSSR count). The maximum atomic E-state index is 12.1. The van der Waals surface area contributed by atoms with Crippen LogP contribution in [-0.2, 0) is 4.74 Å². The van der Waals surface area contributed by atoms with Gasteiger partial charge in [-0.1, -0.05) is 0 Å². The molecule has 0 atom stereocenters. The monoisotopic (exact) mass is 321 g/mol. The molecule has 0 aliphatic carbocycles. The Morgan fingerprint density at radius 3 is 2.52 bits per heavy atom. The van der Waals surface area contributed by atoms with Gasteiger partial charge in [0, 0.05) is 31.8 Å². The van der Waals surface area contributed by atoms with Crippen molar-refractivity contribution in [2.45, 2.75) is 52.6 Å². The Bertz CT molecular complexity index is 551. The summed E-state index contributed by atoms with van der Waals surface area (Å²) in [6.07, 6.45) is 3.05. The van der Waals surface area contributed by atoms with Gasteiger partial charge >= 0.3 is 6.09 Å². The lowest BCUT2D eigenvalue weighted by Gasteiger charge is -2.19. The first-order valence-corrected chi connectivity index (χ1v) is 7.87. The summed E-state index contributed by atoms with van der Waals surface area (Å²) in [5.74, 6) is 0.851. The van der Waals surface area contributed by atoms with Crippen molar-refractivity contribution < 1.29 is 14.3 Å². The van der Waals surface area contributed by atoms with Crippen LogP contribution < -0.4 is 10.6 Å². The highest BCUT2D eigenvalue weighted by molar-refractivity contribution is 5.96. The number of carbonyl (C=O) groups excluding carboxylic acids is 2. The van der Waals surface area contributed by atoms with Crippen LogP contribution in [0.2, 0.25) is 0 Å². The lowest BCUT2D eigenvalue weighted by Crippen LogP contribution is -2.33. The molecule has 2 N–H and O–H groups in total. The second-order valence-electron chi connectivity index (χ2n) is 6.45. The third-order valence-electron chi connectivity index (χ3n) is 3.14. The molecule has 0 bridgehead atoms.